The third kappa shape index (κ3) is 3.74. The molecule has 0 fully saturated rings. The monoisotopic (exact) mass is 253 g/mol. The molecule has 0 aliphatic carbocycles. The minimum absolute atomic E-state index is 0.0747. The van der Waals surface area contributed by atoms with Crippen LogP contribution in [-0.2, 0) is 0 Å². The Morgan fingerprint density at radius 1 is 1.24 bits per heavy atom. The van der Waals surface area contributed by atoms with E-state index in [1.165, 1.54) is 0 Å². The summed E-state index contributed by atoms with van der Waals surface area (Å²) >= 11 is 6.05. The summed E-state index contributed by atoms with van der Waals surface area (Å²) < 4.78 is 0. The van der Waals surface area contributed by atoms with Crippen LogP contribution in [-0.4, -0.2) is 16.8 Å². The third-order valence-electron chi connectivity index (χ3n) is 2.91. The predicted molar refractivity (Wildman–Crippen MR) is 72.8 cm³/mol. The zero-order valence-corrected chi connectivity index (χ0v) is 11.9. The van der Waals surface area contributed by atoms with Crippen LogP contribution < -0.4 is 5.32 Å². The van der Waals surface area contributed by atoms with Gasteiger partial charge in [-0.3, -0.25) is 4.79 Å². The highest BCUT2D eigenvalue weighted by molar-refractivity contribution is 6.21. The Bertz CT molecular complexity index is 404. The standard InChI is InChI=1S/C14H20ClNO/c1-9-6-10(2)8-12(7-9)13(17)16-14(4,5)11(3)15/h6-8,11H,1-5H3,(H,16,17). The van der Waals surface area contributed by atoms with Crippen LogP contribution in [0.1, 0.15) is 42.3 Å². The van der Waals surface area contributed by atoms with Crippen molar-refractivity contribution in [3.05, 3.63) is 34.9 Å². The van der Waals surface area contributed by atoms with Crippen LogP contribution in [0.5, 0.6) is 0 Å². The van der Waals surface area contributed by atoms with Crippen molar-refractivity contribution in [3.8, 4) is 0 Å². The van der Waals surface area contributed by atoms with E-state index in [0.717, 1.165) is 11.1 Å². The minimum atomic E-state index is -0.420. The summed E-state index contributed by atoms with van der Waals surface area (Å²) in [5.74, 6) is -0.0747. The van der Waals surface area contributed by atoms with E-state index in [0.29, 0.717) is 5.56 Å². The van der Waals surface area contributed by atoms with Crippen molar-refractivity contribution in [2.24, 2.45) is 0 Å². The molecule has 94 valence electrons. The second-order valence-corrected chi connectivity index (χ2v) is 5.82. The zero-order valence-electron chi connectivity index (χ0n) is 11.1. The van der Waals surface area contributed by atoms with E-state index in [4.69, 9.17) is 11.6 Å². The number of alkyl halides is 1. The van der Waals surface area contributed by atoms with Gasteiger partial charge in [-0.15, -0.1) is 11.6 Å². The Morgan fingerprint density at radius 2 is 1.71 bits per heavy atom. The first-order chi connectivity index (χ1) is 7.72. The van der Waals surface area contributed by atoms with Crippen LogP contribution in [0.25, 0.3) is 0 Å². The summed E-state index contributed by atoms with van der Waals surface area (Å²) in [6.07, 6.45) is 0. The highest BCUT2D eigenvalue weighted by atomic mass is 35.5. The molecule has 1 atom stereocenters. The molecule has 0 spiro atoms. The van der Waals surface area contributed by atoms with Gasteiger partial charge in [0.1, 0.15) is 0 Å². The molecule has 0 radical (unpaired) electrons. The van der Waals surface area contributed by atoms with E-state index in [9.17, 15) is 4.79 Å². The molecule has 0 bridgehead atoms. The zero-order chi connectivity index (χ0) is 13.2. The Balaban J connectivity index is 2.91. The molecule has 1 aromatic rings. The lowest BCUT2D eigenvalue weighted by molar-refractivity contribution is 0.0912. The van der Waals surface area contributed by atoms with Gasteiger partial charge < -0.3 is 5.32 Å². The number of carbonyl (C=O) groups is 1. The number of amides is 1. The van der Waals surface area contributed by atoms with Gasteiger partial charge in [-0.2, -0.15) is 0 Å². The van der Waals surface area contributed by atoms with E-state index in [2.05, 4.69) is 5.32 Å². The number of hydrogen-bond acceptors (Lipinski definition) is 1. The van der Waals surface area contributed by atoms with Crippen LogP contribution in [0.3, 0.4) is 0 Å². The second kappa shape index (κ2) is 5.09. The summed E-state index contributed by atoms with van der Waals surface area (Å²) in [7, 11) is 0. The van der Waals surface area contributed by atoms with Gasteiger partial charge in [0.25, 0.3) is 5.91 Å². The van der Waals surface area contributed by atoms with Gasteiger partial charge >= 0.3 is 0 Å². The smallest absolute Gasteiger partial charge is 0.251 e. The number of carbonyl (C=O) groups excluding carboxylic acids is 1. The summed E-state index contributed by atoms with van der Waals surface area (Å²) in [6.45, 7) is 9.69. The largest absolute Gasteiger partial charge is 0.346 e. The van der Waals surface area contributed by atoms with Gasteiger partial charge in [-0.1, -0.05) is 17.2 Å². The molecule has 2 nitrogen and oxygen atoms in total. The Kier molecular flexibility index (Phi) is 4.21. The summed E-state index contributed by atoms with van der Waals surface area (Å²) in [5.41, 5.74) is 2.45. The molecule has 0 saturated carbocycles. The first kappa shape index (κ1) is 14.0. The van der Waals surface area contributed by atoms with Crippen LogP contribution >= 0.6 is 11.6 Å². The van der Waals surface area contributed by atoms with Gasteiger partial charge in [-0.05, 0) is 46.8 Å². The Labute approximate surface area is 108 Å². The summed E-state index contributed by atoms with van der Waals surface area (Å²) in [5, 5.41) is 2.83. The predicted octanol–water partition coefficient (Wildman–Crippen LogP) is 3.44. The lowest BCUT2D eigenvalue weighted by Gasteiger charge is -2.29. The van der Waals surface area contributed by atoms with Gasteiger partial charge in [0.05, 0.1) is 10.9 Å². The van der Waals surface area contributed by atoms with Crippen LogP contribution in [0.15, 0.2) is 18.2 Å². The van der Waals surface area contributed by atoms with Gasteiger partial charge in [0.15, 0.2) is 0 Å². The van der Waals surface area contributed by atoms with Gasteiger partial charge in [0, 0.05) is 5.56 Å². The highest BCUT2D eigenvalue weighted by Gasteiger charge is 2.26. The second-order valence-electron chi connectivity index (χ2n) is 5.17. The molecule has 1 amide bonds. The molecule has 3 heteroatoms. The molecular weight excluding hydrogens is 234 g/mol. The Morgan fingerprint density at radius 3 is 2.12 bits per heavy atom. The molecule has 1 N–H and O–H groups in total. The molecule has 1 rings (SSSR count). The van der Waals surface area contributed by atoms with Crippen molar-refractivity contribution >= 4 is 17.5 Å². The quantitative estimate of drug-likeness (QED) is 0.822. The van der Waals surface area contributed by atoms with E-state index in [-0.39, 0.29) is 11.3 Å². The van der Waals surface area contributed by atoms with E-state index < -0.39 is 5.54 Å². The summed E-state index contributed by atoms with van der Waals surface area (Å²) in [4.78, 5) is 12.1. The molecule has 0 aliphatic rings. The molecule has 17 heavy (non-hydrogen) atoms. The fourth-order valence-corrected chi connectivity index (χ4v) is 1.62. The highest BCUT2D eigenvalue weighted by Crippen LogP contribution is 2.16. The number of rotatable bonds is 3. The Hall–Kier alpha value is -1.02. The van der Waals surface area contributed by atoms with Crippen molar-refractivity contribution in [2.45, 2.75) is 45.5 Å². The third-order valence-corrected chi connectivity index (χ3v) is 3.46. The van der Waals surface area contributed by atoms with Crippen molar-refractivity contribution < 1.29 is 4.79 Å². The number of halogens is 1. The van der Waals surface area contributed by atoms with Crippen LogP contribution in [0.4, 0.5) is 0 Å². The fraction of sp³-hybridized carbons (Fsp3) is 0.500. The number of aryl methyl sites for hydroxylation is 2. The van der Waals surface area contributed by atoms with Crippen molar-refractivity contribution in [1.82, 2.24) is 5.32 Å². The van der Waals surface area contributed by atoms with Crippen LogP contribution in [0.2, 0.25) is 0 Å². The fourth-order valence-electron chi connectivity index (χ4n) is 1.57. The molecule has 0 heterocycles. The van der Waals surface area contributed by atoms with Crippen molar-refractivity contribution in [3.63, 3.8) is 0 Å². The van der Waals surface area contributed by atoms with Crippen molar-refractivity contribution in [1.29, 1.82) is 0 Å². The molecule has 0 aromatic heterocycles. The maximum atomic E-state index is 12.1. The molecule has 1 aromatic carbocycles. The van der Waals surface area contributed by atoms with E-state index in [1.807, 2.05) is 52.8 Å². The van der Waals surface area contributed by atoms with Gasteiger partial charge in [-0.25, -0.2) is 0 Å². The minimum Gasteiger partial charge on any atom is -0.346 e. The number of hydrogen-bond donors (Lipinski definition) is 1. The van der Waals surface area contributed by atoms with Crippen molar-refractivity contribution in [2.75, 3.05) is 0 Å². The average Bonchev–Trinajstić information content (AvgIpc) is 2.15. The first-order valence-corrected chi connectivity index (χ1v) is 6.21. The average molecular weight is 254 g/mol. The number of nitrogens with one attached hydrogen (secondary N) is 1. The van der Waals surface area contributed by atoms with Gasteiger partial charge in [0.2, 0.25) is 0 Å². The summed E-state index contributed by atoms with van der Waals surface area (Å²) in [6, 6.07) is 5.82. The van der Waals surface area contributed by atoms with E-state index in [1.54, 1.807) is 0 Å². The number of benzene rings is 1. The molecule has 0 aliphatic heterocycles. The van der Waals surface area contributed by atoms with Crippen LogP contribution in [0, 0.1) is 13.8 Å². The normalized spacial score (nSPS) is 13.3. The lowest BCUT2D eigenvalue weighted by atomic mass is 10.00. The maximum Gasteiger partial charge on any atom is 0.251 e. The van der Waals surface area contributed by atoms with E-state index >= 15 is 0 Å². The SMILES string of the molecule is Cc1cc(C)cc(C(=O)NC(C)(C)C(C)Cl)c1. The topological polar surface area (TPSA) is 29.1 Å². The maximum absolute atomic E-state index is 12.1. The molecule has 0 saturated heterocycles. The lowest BCUT2D eigenvalue weighted by Crippen LogP contribution is -2.49. The molecule has 1 unspecified atom stereocenters. The first-order valence-electron chi connectivity index (χ1n) is 5.77. The molecular formula is C14H20ClNO.